The van der Waals surface area contributed by atoms with Gasteiger partial charge in [-0.05, 0) is 58.9 Å². The summed E-state index contributed by atoms with van der Waals surface area (Å²) in [5.41, 5.74) is 7.30. The Morgan fingerprint density at radius 2 is 1.67 bits per heavy atom. The Bertz CT molecular complexity index is 1660. The second-order valence-corrected chi connectivity index (χ2v) is 11.5. The van der Waals surface area contributed by atoms with Gasteiger partial charge in [-0.15, -0.1) is 0 Å². The van der Waals surface area contributed by atoms with Crippen molar-refractivity contribution in [2.75, 3.05) is 17.2 Å². The fourth-order valence-corrected chi connectivity index (χ4v) is 6.62. The summed E-state index contributed by atoms with van der Waals surface area (Å²) in [6.07, 6.45) is 2.77. The van der Waals surface area contributed by atoms with Gasteiger partial charge in [0, 0.05) is 35.9 Å². The van der Waals surface area contributed by atoms with Crippen LogP contribution in [0.1, 0.15) is 52.2 Å². The van der Waals surface area contributed by atoms with Crippen molar-refractivity contribution in [2.24, 2.45) is 0 Å². The quantitative estimate of drug-likeness (QED) is 0.394. The lowest BCUT2D eigenvalue weighted by Gasteiger charge is -2.39. The summed E-state index contributed by atoms with van der Waals surface area (Å²) < 4.78 is 0. The van der Waals surface area contributed by atoms with Gasteiger partial charge in [-0.25, -0.2) is 9.97 Å². The third-order valence-electron chi connectivity index (χ3n) is 8.46. The average Bonchev–Trinajstić information content (AvgIpc) is 3.45. The van der Waals surface area contributed by atoms with Gasteiger partial charge >= 0.3 is 0 Å². The van der Waals surface area contributed by atoms with Crippen molar-refractivity contribution in [3.63, 3.8) is 0 Å². The molecule has 3 aliphatic rings. The molecule has 194 valence electrons. The smallest absolute Gasteiger partial charge is 0.272 e. The molecule has 7 nitrogen and oxygen atoms in total. The molecule has 1 aliphatic carbocycles. The van der Waals surface area contributed by atoms with E-state index in [2.05, 4.69) is 70.8 Å². The lowest BCUT2D eigenvalue weighted by atomic mass is 9.78. The Labute approximate surface area is 227 Å². The molecule has 4 aromatic rings. The van der Waals surface area contributed by atoms with E-state index in [9.17, 15) is 9.59 Å². The highest BCUT2D eigenvalue weighted by molar-refractivity contribution is 6.07. The lowest BCUT2D eigenvalue weighted by molar-refractivity contribution is -0.120. The summed E-state index contributed by atoms with van der Waals surface area (Å²) in [4.78, 5) is 37.1. The van der Waals surface area contributed by atoms with E-state index in [1.165, 1.54) is 23.0 Å². The number of amides is 2. The maximum atomic E-state index is 13.5. The molecule has 7 heteroatoms. The fraction of sp³-hybridized carbons (Fsp3) is 0.250. The van der Waals surface area contributed by atoms with Gasteiger partial charge in [0.1, 0.15) is 17.8 Å². The molecule has 7 rings (SSSR count). The number of nitrogens with zero attached hydrogens (tertiary/aromatic N) is 3. The molecule has 3 aromatic carbocycles. The van der Waals surface area contributed by atoms with Crippen LogP contribution in [0.4, 0.5) is 17.2 Å². The SMILES string of the molecule is CC1(C)CN(C(=O)c2cc(Nc3ccc4c(c3)CC3(C4)C(=O)Nc4ccccc43)ncn2)Cc2ccccc21. The van der Waals surface area contributed by atoms with Crippen LogP contribution in [-0.4, -0.2) is 33.2 Å². The molecule has 2 aliphatic heterocycles. The Hall–Kier alpha value is -4.52. The molecule has 1 atom stereocenters. The second-order valence-electron chi connectivity index (χ2n) is 11.5. The van der Waals surface area contributed by atoms with Gasteiger partial charge in [0.2, 0.25) is 5.91 Å². The number of benzene rings is 3. The Morgan fingerprint density at radius 3 is 2.54 bits per heavy atom. The summed E-state index contributed by atoms with van der Waals surface area (Å²) in [5.74, 6) is 0.517. The van der Waals surface area contributed by atoms with Crippen LogP contribution < -0.4 is 10.6 Å². The summed E-state index contributed by atoms with van der Waals surface area (Å²) in [6, 6.07) is 24.2. The van der Waals surface area contributed by atoms with E-state index in [4.69, 9.17) is 0 Å². The first-order valence-corrected chi connectivity index (χ1v) is 13.3. The van der Waals surface area contributed by atoms with E-state index in [1.54, 1.807) is 6.07 Å². The number of hydrogen-bond donors (Lipinski definition) is 2. The van der Waals surface area contributed by atoms with Crippen molar-refractivity contribution in [1.82, 2.24) is 14.9 Å². The Balaban J connectivity index is 1.11. The minimum absolute atomic E-state index is 0.0666. The maximum absolute atomic E-state index is 13.5. The molecule has 1 aromatic heterocycles. The topological polar surface area (TPSA) is 87.2 Å². The molecule has 39 heavy (non-hydrogen) atoms. The minimum Gasteiger partial charge on any atom is -0.340 e. The third kappa shape index (κ3) is 3.80. The van der Waals surface area contributed by atoms with Crippen LogP contribution in [0.15, 0.2) is 79.1 Å². The summed E-state index contributed by atoms with van der Waals surface area (Å²) in [7, 11) is 0. The van der Waals surface area contributed by atoms with E-state index in [0.29, 0.717) is 37.4 Å². The van der Waals surface area contributed by atoms with Crippen LogP contribution in [0.5, 0.6) is 0 Å². The number of carbonyl (C=O) groups is 2. The maximum Gasteiger partial charge on any atom is 0.272 e. The molecular weight excluding hydrogens is 486 g/mol. The number of carbonyl (C=O) groups excluding carboxylic acids is 2. The van der Waals surface area contributed by atoms with Crippen LogP contribution in [0.25, 0.3) is 0 Å². The second kappa shape index (κ2) is 8.50. The van der Waals surface area contributed by atoms with E-state index in [-0.39, 0.29) is 17.2 Å². The van der Waals surface area contributed by atoms with Crippen molar-refractivity contribution >= 4 is 29.0 Å². The van der Waals surface area contributed by atoms with E-state index in [1.807, 2.05) is 35.2 Å². The van der Waals surface area contributed by atoms with Gasteiger partial charge in [0.25, 0.3) is 5.91 Å². The molecule has 2 amide bonds. The molecule has 0 saturated heterocycles. The number of fused-ring (bicyclic) bond motifs is 4. The summed E-state index contributed by atoms with van der Waals surface area (Å²) in [6.45, 7) is 5.53. The van der Waals surface area contributed by atoms with Crippen LogP contribution in [-0.2, 0) is 35.0 Å². The zero-order valence-corrected chi connectivity index (χ0v) is 22.0. The predicted molar refractivity (Wildman–Crippen MR) is 150 cm³/mol. The van der Waals surface area contributed by atoms with Gasteiger partial charge in [-0.3, -0.25) is 9.59 Å². The highest BCUT2D eigenvalue weighted by Crippen LogP contribution is 2.47. The molecule has 3 heterocycles. The first-order valence-electron chi connectivity index (χ1n) is 13.3. The van der Waals surface area contributed by atoms with E-state index >= 15 is 0 Å². The zero-order valence-electron chi connectivity index (χ0n) is 22.0. The van der Waals surface area contributed by atoms with Crippen molar-refractivity contribution in [1.29, 1.82) is 0 Å². The standard InChI is InChI=1S/C32H29N5O2/c1-31(2)18-37(17-21-7-3-4-8-24(21)31)29(38)27-14-28(34-19-33-27)35-23-12-11-20-15-32(16-22(20)13-23)25-9-5-6-10-26(25)36-30(32)39/h3-14,19H,15-18H2,1-2H3,(H,36,39)(H,33,34,35). The van der Waals surface area contributed by atoms with Crippen LogP contribution in [0, 0.1) is 0 Å². The minimum atomic E-state index is -0.549. The zero-order chi connectivity index (χ0) is 26.8. The highest BCUT2D eigenvalue weighted by Gasteiger charge is 2.50. The molecule has 1 spiro atoms. The molecule has 1 unspecified atom stereocenters. The third-order valence-corrected chi connectivity index (χ3v) is 8.46. The number of anilines is 3. The summed E-state index contributed by atoms with van der Waals surface area (Å²) >= 11 is 0. The first-order chi connectivity index (χ1) is 18.8. The number of para-hydroxylation sites is 1. The molecular formula is C32H29N5O2. The van der Waals surface area contributed by atoms with E-state index < -0.39 is 5.41 Å². The van der Waals surface area contributed by atoms with Gasteiger partial charge in [0.05, 0.1) is 5.41 Å². The first kappa shape index (κ1) is 23.6. The molecule has 0 saturated carbocycles. The number of nitrogens with one attached hydrogen (secondary N) is 2. The van der Waals surface area contributed by atoms with Gasteiger partial charge in [0.15, 0.2) is 0 Å². The van der Waals surface area contributed by atoms with Gasteiger partial charge < -0.3 is 15.5 Å². The lowest BCUT2D eigenvalue weighted by Crippen LogP contribution is -2.45. The fourth-order valence-electron chi connectivity index (χ4n) is 6.62. The van der Waals surface area contributed by atoms with Crippen LogP contribution in [0.3, 0.4) is 0 Å². The van der Waals surface area contributed by atoms with Gasteiger partial charge in [-0.2, -0.15) is 0 Å². The van der Waals surface area contributed by atoms with Crippen LogP contribution in [0.2, 0.25) is 0 Å². The Kier molecular flexibility index (Phi) is 5.14. The monoisotopic (exact) mass is 515 g/mol. The number of aromatic nitrogens is 2. The number of hydrogen-bond acceptors (Lipinski definition) is 5. The molecule has 2 N–H and O–H groups in total. The average molecular weight is 516 g/mol. The van der Waals surface area contributed by atoms with Crippen molar-refractivity contribution < 1.29 is 9.59 Å². The normalized spacial score (nSPS) is 20.3. The molecule has 0 radical (unpaired) electrons. The Morgan fingerprint density at radius 1 is 0.897 bits per heavy atom. The largest absolute Gasteiger partial charge is 0.340 e. The summed E-state index contributed by atoms with van der Waals surface area (Å²) in [5, 5.41) is 6.42. The van der Waals surface area contributed by atoms with Crippen molar-refractivity contribution in [3.8, 4) is 0 Å². The van der Waals surface area contributed by atoms with Gasteiger partial charge in [-0.1, -0.05) is 62.4 Å². The predicted octanol–water partition coefficient (Wildman–Crippen LogP) is 5.14. The highest BCUT2D eigenvalue weighted by atomic mass is 16.2. The molecule has 0 bridgehead atoms. The number of rotatable bonds is 3. The molecule has 0 fully saturated rings. The van der Waals surface area contributed by atoms with Crippen LogP contribution >= 0.6 is 0 Å². The van der Waals surface area contributed by atoms with Crippen molar-refractivity contribution in [2.45, 2.75) is 44.1 Å². The van der Waals surface area contributed by atoms with E-state index in [0.717, 1.165) is 22.5 Å². The van der Waals surface area contributed by atoms with Crippen molar-refractivity contribution in [3.05, 3.63) is 113 Å².